The molecule has 0 rings (SSSR count). The molecule has 1 atom stereocenters. The summed E-state index contributed by atoms with van der Waals surface area (Å²) >= 11 is 0. The van der Waals surface area contributed by atoms with Gasteiger partial charge in [-0.05, 0) is 12.3 Å². The summed E-state index contributed by atoms with van der Waals surface area (Å²) in [7, 11) is 0. The molecule has 4 heteroatoms. The Hall–Kier alpha value is -0.610. The molecule has 0 bridgehead atoms. The van der Waals surface area contributed by atoms with Crippen LogP contribution in [0.5, 0.6) is 0 Å². The fourth-order valence-corrected chi connectivity index (χ4v) is 0.643. The van der Waals surface area contributed by atoms with Crippen LogP contribution in [0, 0.1) is 5.92 Å². The summed E-state index contributed by atoms with van der Waals surface area (Å²) in [5.41, 5.74) is 0. The van der Waals surface area contributed by atoms with Gasteiger partial charge in [0.15, 0.2) is 6.10 Å². The molecule has 0 fully saturated rings. The zero-order chi connectivity index (χ0) is 8.15. The Morgan fingerprint density at radius 1 is 1.70 bits per heavy atom. The molecule has 0 heterocycles. The molecule has 0 spiro atoms. The van der Waals surface area contributed by atoms with E-state index in [-0.39, 0.29) is 5.92 Å². The minimum atomic E-state index is -1.00. The second-order valence-corrected chi connectivity index (χ2v) is 2.59. The number of carbonyl (C=O) groups is 1. The molecule has 0 aliphatic carbocycles. The number of carboxylic acids is 1. The van der Waals surface area contributed by atoms with Crippen LogP contribution in [-0.2, 0) is 9.63 Å². The van der Waals surface area contributed by atoms with Gasteiger partial charge < -0.3 is 5.11 Å². The summed E-state index contributed by atoms with van der Waals surface area (Å²) in [6, 6.07) is 0. The molecule has 4 nitrogen and oxygen atoms in total. The van der Waals surface area contributed by atoms with Crippen LogP contribution in [0.4, 0.5) is 0 Å². The first-order chi connectivity index (χ1) is 4.57. The van der Waals surface area contributed by atoms with Crippen molar-refractivity contribution in [2.45, 2.75) is 26.4 Å². The van der Waals surface area contributed by atoms with Crippen LogP contribution in [0.25, 0.3) is 0 Å². The fraction of sp³-hybridized carbons (Fsp3) is 0.833. The Kier molecular flexibility index (Phi) is 3.99. The number of hydrogen-bond donors (Lipinski definition) is 2. The smallest absolute Gasteiger partial charge is 0.334 e. The van der Waals surface area contributed by atoms with Crippen molar-refractivity contribution in [3.8, 4) is 0 Å². The van der Waals surface area contributed by atoms with Crippen LogP contribution >= 0.6 is 0 Å². The Balaban J connectivity index is 3.72. The van der Waals surface area contributed by atoms with Crippen LogP contribution in [0.3, 0.4) is 0 Å². The van der Waals surface area contributed by atoms with Crippen molar-refractivity contribution in [1.29, 1.82) is 0 Å². The molecule has 3 N–H and O–H groups in total. The lowest BCUT2D eigenvalue weighted by Gasteiger charge is -2.10. The second kappa shape index (κ2) is 4.24. The molecule has 10 heavy (non-hydrogen) atoms. The van der Waals surface area contributed by atoms with Gasteiger partial charge >= 0.3 is 5.97 Å². The SMILES string of the molecule is CC(C)CC(ON)C(=O)O. The zero-order valence-corrected chi connectivity index (χ0v) is 6.20. The van der Waals surface area contributed by atoms with E-state index in [0.29, 0.717) is 6.42 Å². The van der Waals surface area contributed by atoms with Gasteiger partial charge in [0.25, 0.3) is 0 Å². The first kappa shape index (κ1) is 9.39. The van der Waals surface area contributed by atoms with Crippen LogP contribution in [0.15, 0.2) is 0 Å². The summed E-state index contributed by atoms with van der Waals surface area (Å²) in [6.45, 7) is 3.82. The van der Waals surface area contributed by atoms with Crippen molar-refractivity contribution in [1.82, 2.24) is 0 Å². The van der Waals surface area contributed by atoms with Crippen LogP contribution in [-0.4, -0.2) is 17.2 Å². The zero-order valence-electron chi connectivity index (χ0n) is 6.20. The highest BCUT2D eigenvalue weighted by atomic mass is 16.6. The molecule has 0 aromatic rings. The molecule has 60 valence electrons. The van der Waals surface area contributed by atoms with Gasteiger partial charge in [0, 0.05) is 0 Å². The number of carboxylic acid groups (broad SMARTS) is 1. The Morgan fingerprint density at radius 3 is 2.30 bits per heavy atom. The molecule has 0 saturated heterocycles. The van der Waals surface area contributed by atoms with Gasteiger partial charge in [-0.3, -0.25) is 4.84 Å². The lowest BCUT2D eigenvalue weighted by Crippen LogP contribution is -2.28. The molecule has 0 aliphatic heterocycles. The van der Waals surface area contributed by atoms with E-state index >= 15 is 0 Å². The second-order valence-electron chi connectivity index (χ2n) is 2.59. The standard InChI is InChI=1S/C6H13NO3/c1-4(2)3-5(10-7)6(8)9/h4-5H,3,7H2,1-2H3,(H,8,9). The predicted octanol–water partition coefficient (Wildman–Crippen LogP) is 0.376. The van der Waals surface area contributed by atoms with Gasteiger partial charge in [-0.2, -0.15) is 0 Å². The van der Waals surface area contributed by atoms with Gasteiger partial charge in [0.05, 0.1) is 0 Å². The maximum atomic E-state index is 10.3. The molecule has 0 amide bonds. The molecule has 0 radical (unpaired) electrons. The summed E-state index contributed by atoms with van der Waals surface area (Å²) in [6.07, 6.45) is -0.411. The van der Waals surface area contributed by atoms with Crippen molar-refractivity contribution in [2.75, 3.05) is 0 Å². The van der Waals surface area contributed by atoms with Gasteiger partial charge in [0.1, 0.15) is 0 Å². The Labute approximate surface area is 59.9 Å². The summed E-state index contributed by atoms with van der Waals surface area (Å²) in [4.78, 5) is 14.5. The van der Waals surface area contributed by atoms with Crippen LogP contribution < -0.4 is 5.90 Å². The van der Waals surface area contributed by atoms with Gasteiger partial charge in [-0.15, -0.1) is 0 Å². The molecule has 0 saturated carbocycles. The third-order valence-electron chi connectivity index (χ3n) is 1.13. The van der Waals surface area contributed by atoms with E-state index in [1.807, 2.05) is 13.8 Å². The number of hydrogen-bond acceptors (Lipinski definition) is 3. The van der Waals surface area contributed by atoms with Crippen LogP contribution in [0.2, 0.25) is 0 Å². The van der Waals surface area contributed by atoms with E-state index in [1.54, 1.807) is 0 Å². The average Bonchev–Trinajstić information content (AvgIpc) is 1.81. The molecular weight excluding hydrogens is 134 g/mol. The van der Waals surface area contributed by atoms with Crippen molar-refractivity contribution in [2.24, 2.45) is 11.8 Å². The fourth-order valence-electron chi connectivity index (χ4n) is 0.643. The highest BCUT2D eigenvalue weighted by Crippen LogP contribution is 2.06. The van der Waals surface area contributed by atoms with E-state index < -0.39 is 12.1 Å². The Morgan fingerprint density at radius 2 is 2.20 bits per heavy atom. The normalized spacial score (nSPS) is 13.6. The highest BCUT2D eigenvalue weighted by molar-refractivity contribution is 5.72. The lowest BCUT2D eigenvalue weighted by molar-refractivity contribution is -0.151. The number of rotatable bonds is 4. The minimum Gasteiger partial charge on any atom is -0.479 e. The van der Waals surface area contributed by atoms with E-state index in [4.69, 9.17) is 11.0 Å². The van der Waals surface area contributed by atoms with E-state index in [9.17, 15) is 4.79 Å². The molecule has 0 aromatic carbocycles. The molecule has 0 aliphatic rings. The quantitative estimate of drug-likeness (QED) is 0.564. The topological polar surface area (TPSA) is 72.5 Å². The van der Waals surface area contributed by atoms with Gasteiger partial charge in [0.2, 0.25) is 0 Å². The third-order valence-corrected chi connectivity index (χ3v) is 1.13. The minimum absolute atomic E-state index is 0.282. The highest BCUT2D eigenvalue weighted by Gasteiger charge is 2.17. The summed E-state index contributed by atoms with van der Waals surface area (Å²) in [5, 5.41) is 8.42. The van der Waals surface area contributed by atoms with Crippen molar-refractivity contribution >= 4 is 5.97 Å². The summed E-state index contributed by atoms with van der Waals surface area (Å²) < 4.78 is 0. The van der Waals surface area contributed by atoms with E-state index in [1.165, 1.54) is 0 Å². The van der Waals surface area contributed by atoms with Gasteiger partial charge in [-0.1, -0.05) is 13.8 Å². The van der Waals surface area contributed by atoms with Crippen molar-refractivity contribution in [3.05, 3.63) is 0 Å². The number of aliphatic carboxylic acids is 1. The largest absolute Gasteiger partial charge is 0.479 e. The first-order valence-electron chi connectivity index (χ1n) is 3.16. The van der Waals surface area contributed by atoms with E-state index in [0.717, 1.165) is 0 Å². The maximum Gasteiger partial charge on any atom is 0.334 e. The van der Waals surface area contributed by atoms with Gasteiger partial charge in [-0.25, -0.2) is 10.7 Å². The third kappa shape index (κ3) is 3.42. The monoisotopic (exact) mass is 147 g/mol. The Bertz CT molecular complexity index is 114. The lowest BCUT2D eigenvalue weighted by atomic mass is 10.1. The summed E-state index contributed by atoms with van der Waals surface area (Å²) in [5.74, 6) is 4.02. The molecule has 1 unspecified atom stereocenters. The predicted molar refractivity (Wildman–Crippen MR) is 36.2 cm³/mol. The average molecular weight is 147 g/mol. The number of nitrogens with two attached hydrogens (primary N) is 1. The van der Waals surface area contributed by atoms with Crippen LogP contribution in [0.1, 0.15) is 20.3 Å². The first-order valence-corrected chi connectivity index (χ1v) is 3.16. The van der Waals surface area contributed by atoms with E-state index in [2.05, 4.69) is 4.84 Å². The maximum absolute atomic E-state index is 10.3. The van der Waals surface area contributed by atoms with Crippen molar-refractivity contribution < 1.29 is 14.7 Å². The molecule has 0 aromatic heterocycles. The molecular formula is C6H13NO3. The van der Waals surface area contributed by atoms with Crippen molar-refractivity contribution in [3.63, 3.8) is 0 Å².